The summed E-state index contributed by atoms with van der Waals surface area (Å²) in [5.74, 6) is 0.0370. The normalized spacial score (nSPS) is 12.2. The second-order valence-corrected chi connectivity index (χ2v) is 6.44. The maximum atomic E-state index is 12.3. The number of carbonyl (C=O) groups excluding carboxylic acids is 1. The summed E-state index contributed by atoms with van der Waals surface area (Å²) in [6.07, 6.45) is 3.48. The van der Waals surface area contributed by atoms with Crippen LogP contribution in [0.4, 0.5) is 0 Å². The van der Waals surface area contributed by atoms with Gasteiger partial charge in [0.1, 0.15) is 0 Å². The fraction of sp³-hybridized carbons (Fsp3) is 0.231. The summed E-state index contributed by atoms with van der Waals surface area (Å²) in [6, 6.07) is 7.62. The van der Waals surface area contributed by atoms with E-state index in [1.165, 1.54) is 11.3 Å². The number of nitrogens with zero attached hydrogens (tertiary/aromatic N) is 2. The number of pyridine rings is 1. The molecule has 3 nitrogen and oxygen atoms in total. The minimum Gasteiger partial charge on any atom is -0.334 e. The highest BCUT2D eigenvalue weighted by Crippen LogP contribution is 2.26. The van der Waals surface area contributed by atoms with E-state index in [0.717, 1.165) is 14.2 Å². The third-order valence-corrected chi connectivity index (χ3v) is 4.49. The van der Waals surface area contributed by atoms with E-state index in [2.05, 4.69) is 20.9 Å². The Balaban J connectivity index is 2.16. The van der Waals surface area contributed by atoms with Gasteiger partial charge in [0.05, 0.1) is 14.7 Å². The average molecular weight is 325 g/mol. The van der Waals surface area contributed by atoms with Crippen LogP contribution in [0.2, 0.25) is 0 Å². The van der Waals surface area contributed by atoms with Gasteiger partial charge in [0.2, 0.25) is 0 Å². The number of hydrogen-bond donors (Lipinski definition) is 0. The molecule has 0 aliphatic rings. The summed E-state index contributed by atoms with van der Waals surface area (Å²) in [5.41, 5.74) is 1.08. The molecule has 94 valence electrons. The van der Waals surface area contributed by atoms with E-state index in [-0.39, 0.29) is 11.9 Å². The molecule has 0 radical (unpaired) electrons. The Labute approximate surface area is 119 Å². The zero-order valence-corrected chi connectivity index (χ0v) is 12.5. The Bertz CT molecular complexity index is 541. The van der Waals surface area contributed by atoms with E-state index < -0.39 is 0 Å². The van der Waals surface area contributed by atoms with Crippen molar-refractivity contribution in [1.29, 1.82) is 0 Å². The van der Waals surface area contributed by atoms with Crippen molar-refractivity contribution in [3.8, 4) is 0 Å². The standard InChI is InChI=1S/C13H13BrN2OS/c1-9(10-5-7-15-8-6-10)16(2)13(17)11-3-4-12(14)18-11/h3-9H,1-2H3. The molecular formula is C13H13BrN2OS. The van der Waals surface area contributed by atoms with Gasteiger partial charge in [-0.1, -0.05) is 0 Å². The summed E-state index contributed by atoms with van der Waals surface area (Å²) >= 11 is 4.82. The van der Waals surface area contributed by atoms with E-state index in [1.54, 1.807) is 17.3 Å². The summed E-state index contributed by atoms with van der Waals surface area (Å²) in [5, 5.41) is 0. The number of thiophene rings is 1. The Morgan fingerprint density at radius 1 is 1.33 bits per heavy atom. The van der Waals surface area contributed by atoms with Crippen LogP contribution in [0.15, 0.2) is 40.4 Å². The van der Waals surface area contributed by atoms with Crippen LogP contribution in [0.5, 0.6) is 0 Å². The van der Waals surface area contributed by atoms with Crippen molar-refractivity contribution >= 4 is 33.2 Å². The topological polar surface area (TPSA) is 33.2 Å². The summed E-state index contributed by atoms with van der Waals surface area (Å²) in [6.45, 7) is 2.01. The monoisotopic (exact) mass is 324 g/mol. The number of halogens is 1. The summed E-state index contributed by atoms with van der Waals surface area (Å²) in [4.78, 5) is 18.7. The third-order valence-electron chi connectivity index (χ3n) is 2.87. The predicted molar refractivity (Wildman–Crippen MR) is 76.8 cm³/mol. The van der Waals surface area contributed by atoms with Gasteiger partial charge >= 0.3 is 0 Å². The van der Waals surface area contributed by atoms with E-state index in [4.69, 9.17) is 0 Å². The van der Waals surface area contributed by atoms with Crippen molar-refractivity contribution in [2.24, 2.45) is 0 Å². The minimum absolute atomic E-state index is 0.0291. The highest BCUT2D eigenvalue weighted by molar-refractivity contribution is 9.11. The lowest BCUT2D eigenvalue weighted by molar-refractivity contribution is 0.0747. The minimum atomic E-state index is 0.0291. The Kier molecular flexibility index (Phi) is 4.14. The summed E-state index contributed by atoms with van der Waals surface area (Å²) < 4.78 is 0.968. The second-order valence-electron chi connectivity index (χ2n) is 3.98. The molecule has 2 aromatic rings. The van der Waals surface area contributed by atoms with E-state index in [0.29, 0.717) is 0 Å². The van der Waals surface area contributed by atoms with E-state index in [1.807, 2.05) is 38.2 Å². The van der Waals surface area contributed by atoms with Crippen LogP contribution in [0.25, 0.3) is 0 Å². The maximum absolute atomic E-state index is 12.3. The van der Waals surface area contributed by atoms with Crippen molar-refractivity contribution in [2.75, 3.05) is 7.05 Å². The largest absolute Gasteiger partial charge is 0.334 e. The molecule has 5 heteroatoms. The smallest absolute Gasteiger partial charge is 0.264 e. The van der Waals surface area contributed by atoms with Gasteiger partial charge in [-0.25, -0.2) is 0 Å². The molecule has 0 saturated carbocycles. The highest BCUT2D eigenvalue weighted by atomic mass is 79.9. The van der Waals surface area contributed by atoms with E-state index >= 15 is 0 Å². The molecule has 1 amide bonds. The molecule has 1 atom stereocenters. The lowest BCUT2D eigenvalue weighted by Gasteiger charge is -2.24. The molecule has 1 unspecified atom stereocenters. The molecule has 0 bridgehead atoms. The Morgan fingerprint density at radius 3 is 2.56 bits per heavy atom. The fourth-order valence-corrected chi connectivity index (χ4v) is 3.01. The number of amides is 1. The molecule has 0 spiro atoms. The molecule has 2 heterocycles. The van der Waals surface area contributed by atoms with Crippen LogP contribution >= 0.6 is 27.3 Å². The first-order chi connectivity index (χ1) is 8.59. The van der Waals surface area contributed by atoms with Gasteiger partial charge in [-0.15, -0.1) is 11.3 Å². The molecule has 0 aromatic carbocycles. The van der Waals surface area contributed by atoms with Crippen molar-refractivity contribution in [1.82, 2.24) is 9.88 Å². The fourth-order valence-electron chi connectivity index (χ4n) is 1.64. The first-order valence-electron chi connectivity index (χ1n) is 5.52. The third kappa shape index (κ3) is 2.79. The zero-order chi connectivity index (χ0) is 13.1. The van der Waals surface area contributed by atoms with Gasteiger partial charge in [-0.3, -0.25) is 9.78 Å². The quantitative estimate of drug-likeness (QED) is 0.861. The SMILES string of the molecule is CC(c1ccncc1)N(C)C(=O)c1ccc(Br)s1. The van der Waals surface area contributed by atoms with Crippen LogP contribution < -0.4 is 0 Å². The molecular weight excluding hydrogens is 312 g/mol. The predicted octanol–water partition coefficient (Wildman–Crippen LogP) is 3.74. The van der Waals surface area contributed by atoms with Gasteiger partial charge in [0, 0.05) is 19.4 Å². The first kappa shape index (κ1) is 13.2. The number of aromatic nitrogens is 1. The van der Waals surface area contributed by atoms with Crippen molar-refractivity contribution in [2.45, 2.75) is 13.0 Å². The number of carbonyl (C=O) groups is 1. The van der Waals surface area contributed by atoms with Crippen LogP contribution in [-0.4, -0.2) is 22.8 Å². The Hall–Kier alpha value is -1.20. The van der Waals surface area contributed by atoms with Crippen LogP contribution in [0, 0.1) is 0 Å². The second kappa shape index (κ2) is 5.63. The van der Waals surface area contributed by atoms with Crippen molar-refractivity contribution in [3.63, 3.8) is 0 Å². The van der Waals surface area contributed by atoms with Gasteiger partial charge in [0.15, 0.2) is 0 Å². The molecule has 2 aromatic heterocycles. The van der Waals surface area contributed by atoms with Crippen LogP contribution in [0.1, 0.15) is 28.2 Å². The van der Waals surface area contributed by atoms with Crippen LogP contribution in [-0.2, 0) is 0 Å². The lowest BCUT2D eigenvalue weighted by atomic mass is 10.1. The van der Waals surface area contributed by atoms with Gasteiger partial charge in [-0.05, 0) is 52.7 Å². The molecule has 18 heavy (non-hydrogen) atoms. The van der Waals surface area contributed by atoms with E-state index in [9.17, 15) is 4.79 Å². The zero-order valence-electron chi connectivity index (χ0n) is 10.1. The van der Waals surface area contributed by atoms with Crippen molar-refractivity contribution in [3.05, 3.63) is 50.9 Å². The van der Waals surface area contributed by atoms with Gasteiger partial charge in [0.25, 0.3) is 5.91 Å². The molecule has 0 N–H and O–H groups in total. The number of hydrogen-bond acceptors (Lipinski definition) is 3. The van der Waals surface area contributed by atoms with Gasteiger partial charge < -0.3 is 4.90 Å². The first-order valence-corrected chi connectivity index (χ1v) is 7.13. The summed E-state index contributed by atoms with van der Waals surface area (Å²) in [7, 11) is 1.82. The molecule has 0 aliphatic heterocycles. The molecule has 0 saturated heterocycles. The van der Waals surface area contributed by atoms with Crippen LogP contribution in [0.3, 0.4) is 0 Å². The molecule has 0 fully saturated rings. The van der Waals surface area contributed by atoms with Crippen molar-refractivity contribution < 1.29 is 4.79 Å². The van der Waals surface area contributed by atoms with Gasteiger partial charge in [-0.2, -0.15) is 0 Å². The highest BCUT2D eigenvalue weighted by Gasteiger charge is 2.19. The molecule has 2 rings (SSSR count). The lowest BCUT2D eigenvalue weighted by Crippen LogP contribution is -2.29. The maximum Gasteiger partial charge on any atom is 0.264 e. The number of rotatable bonds is 3. The average Bonchev–Trinajstić information content (AvgIpc) is 2.84. The Morgan fingerprint density at radius 2 is 2.00 bits per heavy atom. The molecule has 0 aliphatic carbocycles.